The van der Waals surface area contributed by atoms with Gasteiger partial charge in [-0.1, -0.05) is 43.3 Å². The molecule has 5 rings (SSSR count). The molecule has 0 saturated carbocycles. The molecule has 0 fully saturated rings. The van der Waals surface area contributed by atoms with Crippen molar-refractivity contribution in [3.8, 4) is 0 Å². The van der Waals surface area contributed by atoms with Gasteiger partial charge in [0.25, 0.3) is 0 Å². The molecule has 1 atom stereocenters. The van der Waals surface area contributed by atoms with Gasteiger partial charge in [0.15, 0.2) is 0 Å². The second-order valence-electron chi connectivity index (χ2n) is 7.00. The lowest BCUT2D eigenvalue weighted by Crippen LogP contribution is -2.37. The number of carbonyl (C=O) groups is 1. The highest BCUT2D eigenvalue weighted by Gasteiger charge is 2.42. The molecule has 0 spiro atoms. The Kier molecular flexibility index (Phi) is 2.96. The van der Waals surface area contributed by atoms with Crippen LogP contribution in [0.4, 0.5) is 0 Å². The fraction of sp³-hybridized carbons (Fsp3) is 0.227. The molecule has 1 aliphatic rings. The highest BCUT2D eigenvalue weighted by molar-refractivity contribution is 5.96. The number of aromatic nitrogens is 2. The van der Waals surface area contributed by atoms with E-state index in [0.717, 1.165) is 35.0 Å². The van der Waals surface area contributed by atoms with Crippen LogP contribution in [0.1, 0.15) is 42.2 Å². The molecule has 1 aliphatic heterocycles. The topological polar surface area (TPSA) is 37.8 Å². The summed E-state index contributed by atoms with van der Waals surface area (Å²) in [5.74, 6) is 0.208. The molecule has 124 valence electrons. The average molecular weight is 328 g/mol. The van der Waals surface area contributed by atoms with Gasteiger partial charge in [-0.15, -0.1) is 0 Å². The number of para-hydroxylation sites is 2. The van der Waals surface area contributed by atoms with Crippen molar-refractivity contribution in [1.82, 2.24) is 9.55 Å². The van der Waals surface area contributed by atoms with Gasteiger partial charge in [-0.25, -0.2) is 0 Å². The van der Waals surface area contributed by atoms with Crippen LogP contribution < -0.4 is 0 Å². The maximum Gasteiger partial charge on any atom is 0.231 e. The maximum atomic E-state index is 12.8. The lowest BCUT2D eigenvalue weighted by atomic mass is 9.70. The van der Waals surface area contributed by atoms with E-state index in [1.54, 1.807) is 0 Å². The van der Waals surface area contributed by atoms with E-state index in [-0.39, 0.29) is 11.3 Å². The molecule has 4 aromatic rings. The molecule has 0 bridgehead atoms. The third-order valence-electron chi connectivity index (χ3n) is 5.92. The van der Waals surface area contributed by atoms with E-state index in [9.17, 15) is 4.79 Å². The Labute approximate surface area is 146 Å². The first-order valence-electron chi connectivity index (χ1n) is 8.95. The number of nitrogens with one attached hydrogen (secondary N) is 1. The number of aromatic amines is 1. The van der Waals surface area contributed by atoms with Gasteiger partial charge in [0.1, 0.15) is 0 Å². The largest absolute Gasteiger partial charge is 0.361 e. The van der Waals surface area contributed by atoms with Crippen LogP contribution in [0.25, 0.3) is 21.8 Å². The fourth-order valence-electron chi connectivity index (χ4n) is 4.62. The lowest BCUT2D eigenvalue weighted by molar-refractivity contribution is 0.0865. The average Bonchev–Trinajstić information content (AvgIpc) is 3.25. The predicted octanol–water partition coefficient (Wildman–Crippen LogP) is 5.25. The zero-order valence-corrected chi connectivity index (χ0v) is 14.3. The van der Waals surface area contributed by atoms with Gasteiger partial charge in [0.05, 0.1) is 5.52 Å². The van der Waals surface area contributed by atoms with Crippen molar-refractivity contribution >= 4 is 27.7 Å². The molecular weight excluding hydrogens is 308 g/mol. The van der Waals surface area contributed by atoms with Crippen LogP contribution in [-0.4, -0.2) is 15.5 Å². The molecule has 0 radical (unpaired) electrons. The zero-order chi connectivity index (χ0) is 17.0. The van der Waals surface area contributed by atoms with Crippen molar-refractivity contribution in [1.29, 1.82) is 0 Å². The molecule has 3 nitrogen and oxygen atoms in total. The standard InChI is InChI=1S/C22H20N2O/c1-2-22(17-14-23-18-9-5-4-8-16(17)18)12-11-21(25)24-19-10-6-3-7-15(19)13-20(22)24/h3-10,13-14,23H,2,11-12H2,1H3. The summed E-state index contributed by atoms with van der Waals surface area (Å²) in [5.41, 5.74) is 4.50. The van der Waals surface area contributed by atoms with Gasteiger partial charge in [0.2, 0.25) is 5.91 Å². The van der Waals surface area contributed by atoms with Gasteiger partial charge < -0.3 is 4.98 Å². The summed E-state index contributed by atoms with van der Waals surface area (Å²) in [6, 6.07) is 18.9. The molecule has 0 saturated heterocycles. The Morgan fingerprint density at radius 2 is 1.92 bits per heavy atom. The molecule has 2 aromatic heterocycles. The number of nitrogens with zero attached hydrogens (tertiary/aromatic N) is 1. The van der Waals surface area contributed by atoms with Crippen molar-refractivity contribution < 1.29 is 4.79 Å². The first-order chi connectivity index (χ1) is 12.2. The highest BCUT2D eigenvalue weighted by atomic mass is 16.2. The van der Waals surface area contributed by atoms with Crippen molar-refractivity contribution in [3.05, 3.63) is 72.1 Å². The first-order valence-corrected chi connectivity index (χ1v) is 8.95. The van der Waals surface area contributed by atoms with Gasteiger partial charge in [-0.05, 0) is 36.6 Å². The molecule has 1 unspecified atom stereocenters. The molecule has 0 aliphatic carbocycles. The third-order valence-corrected chi connectivity index (χ3v) is 5.92. The predicted molar refractivity (Wildman–Crippen MR) is 101 cm³/mol. The summed E-state index contributed by atoms with van der Waals surface area (Å²) in [4.78, 5) is 16.2. The van der Waals surface area contributed by atoms with E-state index in [1.807, 2.05) is 16.7 Å². The van der Waals surface area contributed by atoms with Gasteiger partial charge in [0, 0.05) is 40.0 Å². The number of H-pyrrole nitrogens is 1. The van der Waals surface area contributed by atoms with E-state index in [0.29, 0.717) is 6.42 Å². The Morgan fingerprint density at radius 3 is 2.80 bits per heavy atom. The number of benzene rings is 2. The highest BCUT2D eigenvalue weighted by Crippen LogP contribution is 2.47. The summed E-state index contributed by atoms with van der Waals surface area (Å²) >= 11 is 0. The molecule has 3 heterocycles. The quantitative estimate of drug-likeness (QED) is 0.536. The third kappa shape index (κ3) is 1.84. The number of hydrogen-bond donors (Lipinski definition) is 1. The normalized spacial score (nSPS) is 20.3. The van der Waals surface area contributed by atoms with E-state index in [4.69, 9.17) is 0 Å². The van der Waals surface area contributed by atoms with Crippen LogP contribution >= 0.6 is 0 Å². The Bertz CT molecular complexity index is 1120. The monoisotopic (exact) mass is 328 g/mol. The van der Waals surface area contributed by atoms with Crippen LogP contribution in [0.15, 0.2) is 60.8 Å². The van der Waals surface area contributed by atoms with Crippen LogP contribution in [0.5, 0.6) is 0 Å². The Morgan fingerprint density at radius 1 is 1.12 bits per heavy atom. The van der Waals surface area contributed by atoms with E-state index < -0.39 is 0 Å². The number of hydrogen-bond acceptors (Lipinski definition) is 1. The van der Waals surface area contributed by atoms with Crippen molar-refractivity contribution in [2.75, 3.05) is 0 Å². The van der Waals surface area contributed by atoms with Crippen molar-refractivity contribution in [2.45, 2.75) is 31.6 Å². The Balaban J connectivity index is 1.86. The molecule has 25 heavy (non-hydrogen) atoms. The summed E-state index contributed by atoms with van der Waals surface area (Å²) in [7, 11) is 0. The minimum Gasteiger partial charge on any atom is -0.361 e. The fourth-order valence-corrected chi connectivity index (χ4v) is 4.62. The summed E-state index contributed by atoms with van der Waals surface area (Å²) in [6.07, 6.45) is 4.56. The van der Waals surface area contributed by atoms with Gasteiger partial charge in [-0.2, -0.15) is 0 Å². The van der Waals surface area contributed by atoms with E-state index in [1.165, 1.54) is 10.9 Å². The minimum absolute atomic E-state index is 0.132. The van der Waals surface area contributed by atoms with Crippen molar-refractivity contribution in [2.24, 2.45) is 0 Å². The van der Waals surface area contributed by atoms with Crippen LogP contribution in [-0.2, 0) is 5.41 Å². The summed E-state index contributed by atoms with van der Waals surface area (Å²) < 4.78 is 1.96. The zero-order valence-electron chi connectivity index (χ0n) is 14.3. The van der Waals surface area contributed by atoms with Crippen molar-refractivity contribution in [3.63, 3.8) is 0 Å². The SMILES string of the molecule is CCC1(c2c[nH]c3ccccc23)CCC(=O)n2c1cc1ccccc12. The van der Waals surface area contributed by atoms with Crippen LogP contribution in [0.3, 0.4) is 0 Å². The molecule has 3 heteroatoms. The van der Waals surface area contributed by atoms with Gasteiger partial charge in [-0.3, -0.25) is 9.36 Å². The number of rotatable bonds is 2. The van der Waals surface area contributed by atoms with E-state index >= 15 is 0 Å². The molecule has 2 aromatic carbocycles. The lowest BCUT2D eigenvalue weighted by Gasteiger charge is -2.37. The molecule has 0 amide bonds. The smallest absolute Gasteiger partial charge is 0.231 e. The number of carbonyl (C=O) groups excluding carboxylic acids is 1. The Hall–Kier alpha value is -2.81. The first kappa shape index (κ1) is 14.5. The second kappa shape index (κ2) is 5.09. The van der Waals surface area contributed by atoms with Crippen LogP contribution in [0.2, 0.25) is 0 Å². The van der Waals surface area contributed by atoms with E-state index in [2.05, 4.69) is 60.6 Å². The van der Waals surface area contributed by atoms with Gasteiger partial charge >= 0.3 is 0 Å². The molecular formula is C22H20N2O. The second-order valence-corrected chi connectivity index (χ2v) is 7.00. The summed E-state index contributed by atoms with van der Waals surface area (Å²) in [6.45, 7) is 2.24. The molecule has 1 N–H and O–H groups in total. The maximum absolute atomic E-state index is 12.8. The van der Waals surface area contributed by atoms with Crippen LogP contribution in [0, 0.1) is 0 Å². The summed E-state index contributed by atoms with van der Waals surface area (Å²) in [5, 5.41) is 2.40. The minimum atomic E-state index is -0.132. The number of fused-ring (bicyclic) bond motifs is 4.